The van der Waals surface area contributed by atoms with E-state index in [0.29, 0.717) is 12.0 Å². The van der Waals surface area contributed by atoms with Crippen molar-refractivity contribution in [2.24, 2.45) is 11.8 Å². The van der Waals surface area contributed by atoms with Crippen molar-refractivity contribution in [1.29, 1.82) is 0 Å². The van der Waals surface area contributed by atoms with Crippen LogP contribution in [0.1, 0.15) is 69.1 Å². The van der Waals surface area contributed by atoms with Gasteiger partial charge in [-0.2, -0.15) is 0 Å². The highest BCUT2D eigenvalue weighted by molar-refractivity contribution is 7.09. The number of hydrogen-bond acceptors (Lipinski definition) is 5. The van der Waals surface area contributed by atoms with Gasteiger partial charge in [0, 0.05) is 47.3 Å². The number of hydrogen-bond donors (Lipinski definition) is 1. The molecule has 1 aliphatic carbocycles. The number of Topliss-reactive ketones (excluding diaryl/α,β-unsaturated/α-hetero) is 1. The Kier molecular flexibility index (Phi) is 9.78. The van der Waals surface area contributed by atoms with Gasteiger partial charge in [0.15, 0.2) is 5.78 Å². The Hall–Kier alpha value is -3.75. The van der Waals surface area contributed by atoms with Gasteiger partial charge in [-0.05, 0) is 79.5 Å². The van der Waals surface area contributed by atoms with Gasteiger partial charge < -0.3 is 10.0 Å². The predicted molar refractivity (Wildman–Crippen MR) is 165 cm³/mol. The summed E-state index contributed by atoms with van der Waals surface area (Å²) >= 11 is 1.45. The SMILES string of the molecule is Cc1csc(CN(C)C(=O)c2cc(C(=O)C[C@@H](Cc3ccccc3)[C@H](O)C3CCCC3)cc(-c3ccc(F)cc3F)c2)n1. The average molecular weight is 603 g/mol. The van der Waals surface area contributed by atoms with Gasteiger partial charge in [0.05, 0.1) is 12.6 Å². The van der Waals surface area contributed by atoms with Crippen molar-refractivity contribution in [2.45, 2.75) is 58.1 Å². The maximum absolute atomic E-state index is 14.9. The highest BCUT2D eigenvalue weighted by Crippen LogP contribution is 2.34. The third-order valence-corrected chi connectivity index (χ3v) is 9.24. The van der Waals surface area contributed by atoms with Crippen molar-refractivity contribution < 1.29 is 23.5 Å². The summed E-state index contributed by atoms with van der Waals surface area (Å²) < 4.78 is 28.7. The zero-order valence-electron chi connectivity index (χ0n) is 24.4. The van der Waals surface area contributed by atoms with Gasteiger partial charge in [-0.3, -0.25) is 9.59 Å². The van der Waals surface area contributed by atoms with Crippen molar-refractivity contribution in [3.8, 4) is 11.1 Å². The number of aliphatic hydroxyl groups excluding tert-OH is 1. The van der Waals surface area contributed by atoms with Crippen LogP contribution in [0.3, 0.4) is 0 Å². The van der Waals surface area contributed by atoms with Crippen molar-refractivity contribution in [3.63, 3.8) is 0 Å². The smallest absolute Gasteiger partial charge is 0.254 e. The number of aryl methyl sites for hydroxylation is 1. The van der Waals surface area contributed by atoms with E-state index < -0.39 is 17.7 Å². The van der Waals surface area contributed by atoms with E-state index in [1.54, 1.807) is 19.2 Å². The van der Waals surface area contributed by atoms with Gasteiger partial charge in [-0.1, -0.05) is 43.2 Å². The molecule has 1 heterocycles. The molecule has 2 atom stereocenters. The van der Waals surface area contributed by atoms with E-state index in [2.05, 4.69) is 4.98 Å². The highest BCUT2D eigenvalue weighted by Gasteiger charge is 2.32. The Morgan fingerprint density at radius 1 is 1.02 bits per heavy atom. The number of amides is 1. The number of carbonyl (C=O) groups is 2. The molecule has 1 N–H and O–H groups in total. The van der Waals surface area contributed by atoms with E-state index >= 15 is 0 Å². The molecule has 8 heteroatoms. The second-order valence-corrected chi connectivity index (χ2v) is 12.5. The lowest BCUT2D eigenvalue weighted by Crippen LogP contribution is -2.31. The van der Waals surface area contributed by atoms with Gasteiger partial charge in [0.2, 0.25) is 0 Å². The molecule has 0 unspecified atom stereocenters. The topological polar surface area (TPSA) is 70.5 Å². The normalized spacial score (nSPS) is 14.9. The van der Waals surface area contributed by atoms with Crippen LogP contribution in [0.2, 0.25) is 0 Å². The summed E-state index contributed by atoms with van der Waals surface area (Å²) in [4.78, 5) is 33.5. The lowest BCUT2D eigenvalue weighted by molar-refractivity contribution is 0.0456. The molecule has 3 aromatic carbocycles. The Labute approximate surface area is 255 Å². The highest BCUT2D eigenvalue weighted by atomic mass is 32.1. The second kappa shape index (κ2) is 13.7. The van der Waals surface area contributed by atoms with Crippen molar-refractivity contribution in [2.75, 3.05) is 7.05 Å². The van der Waals surface area contributed by atoms with E-state index in [4.69, 9.17) is 0 Å². The van der Waals surface area contributed by atoms with Gasteiger partial charge in [-0.15, -0.1) is 11.3 Å². The van der Waals surface area contributed by atoms with Gasteiger partial charge in [0.25, 0.3) is 5.91 Å². The fourth-order valence-electron chi connectivity index (χ4n) is 6.03. The quantitative estimate of drug-likeness (QED) is 0.179. The first kappa shape index (κ1) is 30.7. The number of carbonyl (C=O) groups excluding carboxylic acids is 2. The molecule has 1 aromatic heterocycles. The van der Waals surface area contributed by atoms with Crippen molar-refractivity contribution >= 4 is 23.0 Å². The summed E-state index contributed by atoms with van der Waals surface area (Å²) in [6.45, 7) is 2.16. The second-order valence-electron chi connectivity index (χ2n) is 11.6. The number of thiazole rings is 1. The van der Waals surface area contributed by atoms with E-state index in [0.717, 1.165) is 54.1 Å². The molecule has 0 bridgehead atoms. The summed E-state index contributed by atoms with van der Waals surface area (Å²) in [5, 5.41) is 14.1. The van der Waals surface area contributed by atoms with Crippen LogP contribution >= 0.6 is 11.3 Å². The minimum Gasteiger partial charge on any atom is -0.393 e. The molecule has 224 valence electrons. The van der Waals surface area contributed by atoms with E-state index in [-0.39, 0.29) is 53.2 Å². The molecule has 0 aliphatic heterocycles. The first-order chi connectivity index (χ1) is 20.7. The summed E-state index contributed by atoms with van der Waals surface area (Å²) in [5.41, 5.74) is 2.77. The number of aliphatic hydroxyl groups is 1. The number of ketones is 1. The lowest BCUT2D eigenvalue weighted by atomic mass is 9.81. The first-order valence-electron chi connectivity index (χ1n) is 14.7. The van der Waals surface area contributed by atoms with Crippen LogP contribution in [0, 0.1) is 30.4 Å². The average Bonchev–Trinajstić information content (AvgIpc) is 3.68. The monoisotopic (exact) mass is 602 g/mol. The Morgan fingerprint density at radius 2 is 1.74 bits per heavy atom. The van der Waals surface area contributed by atoms with Crippen LogP contribution in [0.5, 0.6) is 0 Å². The van der Waals surface area contributed by atoms with Crippen LogP contribution in [-0.2, 0) is 13.0 Å². The summed E-state index contributed by atoms with van der Waals surface area (Å²) in [6, 6.07) is 17.7. The third kappa shape index (κ3) is 7.61. The Bertz CT molecular complexity index is 1580. The number of aromatic nitrogens is 1. The van der Waals surface area contributed by atoms with Crippen LogP contribution in [0.25, 0.3) is 11.1 Å². The molecule has 5 rings (SSSR count). The summed E-state index contributed by atoms with van der Waals surface area (Å²) in [5.74, 6) is -2.27. The van der Waals surface area contributed by atoms with E-state index in [1.807, 2.05) is 42.6 Å². The fraction of sp³-hybridized carbons (Fsp3) is 0.343. The summed E-state index contributed by atoms with van der Waals surface area (Å²) in [6.07, 6.45) is 3.98. The van der Waals surface area contributed by atoms with Crippen LogP contribution in [0.4, 0.5) is 8.78 Å². The molecule has 5 nitrogen and oxygen atoms in total. The van der Waals surface area contributed by atoms with Crippen molar-refractivity contribution in [3.05, 3.63) is 111 Å². The molecule has 0 radical (unpaired) electrons. The predicted octanol–water partition coefficient (Wildman–Crippen LogP) is 7.65. The fourth-order valence-corrected chi connectivity index (χ4v) is 6.86. The molecule has 1 aliphatic rings. The number of halogens is 2. The number of rotatable bonds is 11. The molecule has 1 saturated carbocycles. The zero-order valence-corrected chi connectivity index (χ0v) is 25.2. The maximum atomic E-state index is 14.9. The van der Waals surface area contributed by atoms with E-state index in [1.165, 1.54) is 28.4 Å². The number of benzene rings is 3. The van der Waals surface area contributed by atoms with Crippen LogP contribution in [0.15, 0.2) is 72.1 Å². The minimum absolute atomic E-state index is 0.0732. The zero-order chi connectivity index (χ0) is 30.5. The Morgan fingerprint density at radius 3 is 2.42 bits per heavy atom. The van der Waals surface area contributed by atoms with Crippen LogP contribution in [-0.4, -0.2) is 39.8 Å². The third-order valence-electron chi connectivity index (χ3n) is 8.28. The maximum Gasteiger partial charge on any atom is 0.254 e. The van der Waals surface area contributed by atoms with Crippen molar-refractivity contribution in [1.82, 2.24) is 9.88 Å². The minimum atomic E-state index is -0.784. The van der Waals surface area contributed by atoms with Crippen LogP contribution < -0.4 is 0 Å². The first-order valence-corrected chi connectivity index (χ1v) is 15.6. The summed E-state index contributed by atoms with van der Waals surface area (Å²) in [7, 11) is 1.65. The number of nitrogens with zero attached hydrogens (tertiary/aromatic N) is 2. The molecule has 0 spiro atoms. The molecule has 0 saturated heterocycles. The Balaban J connectivity index is 1.48. The van der Waals surface area contributed by atoms with E-state index in [9.17, 15) is 23.5 Å². The van der Waals surface area contributed by atoms with Gasteiger partial charge in [-0.25, -0.2) is 13.8 Å². The molecule has 1 fully saturated rings. The molecular weight excluding hydrogens is 566 g/mol. The molecule has 1 amide bonds. The van der Waals surface area contributed by atoms with Gasteiger partial charge >= 0.3 is 0 Å². The van der Waals surface area contributed by atoms with Gasteiger partial charge in [0.1, 0.15) is 16.6 Å². The largest absolute Gasteiger partial charge is 0.393 e. The molecule has 43 heavy (non-hydrogen) atoms. The molecule has 4 aromatic rings. The molecular formula is C35H36F2N2O3S. The standard InChI is InChI=1S/C35H36F2N2O3S/c1-22-21-43-33(38-22)20-39(2)35(42)28-16-25(30-13-12-29(36)19-31(30)37)15-26(17-28)32(40)18-27(14-23-8-4-3-5-9-23)34(41)24-10-6-7-11-24/h3-5,8-9,12-13,15-17,19,21,24,27,34,41H,6-7,10-11,14,18,20H2,1-2H3/t27-,34-/m1/s1. The lowest BCUT2D eigenvalue weighted by Gasteiger charge is -2.27.